The first kappa shape index (κ1) is 15.5. The number of nitrogens with zero attached hydrogens (tertiary/aromatic N) is 4. The van der Waals surface area contributed by atoms with Gasteiger partial charge in [0.05, 0.1) is 0 Å². The Morgan fingerprint density at radius 3 is 2.61 bits per heavy atom. The van der Waals surface area contributed by atoms with Crippen molar-refractivity contribution in [3.63, 3.8) is 0 Å². The summed E-state index contributed by atoms with van der Waals surface area (Å²) in [6.07, 6.45) is 3.03. The van der Waals surface area contributed by atoms with Gasteiger partial charge in [-0.05, 0) is 18.2 Å². The van der Waals surface area contributed by atoms with E-state index in [0.29, 0.717) is 6.42 Å². The molecule has 1 fully saturated rings. The molecule has 0 saturated carbocycles. The van der Waals surface area contributed by atoms with E-state index in [4.69, 9.17) is 9.93 Å². The van der Waals surface area contributed by atoms with Crippen LogP contribution < -0.4 is 20.6 Å². The summed E-state index contributed by atoms with van der Waals surface area (Å²) >= 11 is 0. The highest BCUT2D eigenvalue weighted by atomic mass is 16.5. The molecule has 0 radical (unpaired) electrons. The minimum atomic E-state index is 0.0619. The third-order valence-corrected chi connectivity index (χ3v) is 4.07. The summed E-state index contributed by atoms with van der Waals surface area (Å²) in [5.41, 5.74) is 0.859. The summed E-state index contributed by atoms with van der Waals surface area (Å²) < 4.78 is 4.76. The van der Waals surface area contributed by atoms with Gasteiger partial charge in [0.2, 0.25) is 0 Å². The minimum absolute atomic E-state index is 0.0619. The molecule has 0 atom stereocenters. The number of carbonyl (C=O) groups is 1. The summed E-state index contributed by atoms with van der Waals surface area (Å²) in [4.78, 5) is 16.0. The molecule has 2 aromatic rings. The Kier molecular flexibility index (Phi) is 4.87. The molecule has 23 heavy (non-hydrogen) atoms. The number of nitrogens with one attached hydrogen (secondary N) is 1. The van der Waals surface area contributed by atoms with E-state index >= 15 is 0 Å². The molecule has 0 amide bonds. The summed E-state index contributed by atoms with van der Waals surface area (Å²) in [6, 6.07) is 9.47. The van der Waals surface area contributed by atoms with Crippen LogP contribution in [0.1, 0.15) is 23.2 Å². The van der Waals surface area contributed by atoms with Gasteiger partial charge in [0.25, 0.3) is 11.8 Å². The predicted molar refractivity (Wildman–Crippen MR) is 82.5 cm³/mol. The van der Waals surface area contributed by atoms with Crippen LogP contribution in [0.5, 0.6) is 0 Å². The van der Waals surface area contributed by atoms with Crippen molar-refractivity contribution in [2.45, 2.75) is 12.8 Å². The Hall–Kier alpha value is -2.41. The van der Waals surface area contributed by atoms with Crippen molar-refractivity contribution >= 4 is 5.78 Å². The average molecular weight is 315 g/mol. The third-order valence-electron chi connectivity index (χ3n) is 4.07. The average Bonchev–Trinajstić information content (AvgIpc) is 3.03. The maximum absolute atomic E-state index is 12.1. The maximum Gasteiger partial charge on any atom is 0.286 e. The quantitative estimate of drug-likeness (QED) is 0.596. The Bertz CT molecular complexity index is 686. The van der Waals surface area contributed by atoms with Gasteiger partial charge in [-0.3, -0.25) is 15.2 Å². The maximum atomic E-state index is 12.1. The van der Waals surface area contributed by atoms with Gasteiger partial charge in [-0.1, -0.05) is 35.1 Å². The van der Waals surface area contributed by atoms with Crippen LogP contribution >= 0.6 is 0 Å². The largest absolute Gasteiger partial charge is 0.380 e. The van der Waals surface area contributed by atoms with Crippen LogP contribution in [0.15, 0.2) is 41.1 Å². The molecule has 2 heterocycles. The molecule has 122 valence electrons. The van der Waals surface area contributed by atoms with Crippen LogP contribution in [-0.2, 0) is 0 Å². The van der Waals surface area contributed by atoms with Crippen LogP contribution in [0.2, 0.25) is 0 Å². The molecule has 1 aliphatic heterocycles. The fraction of sp³-hybridized carbons (Fsp3) is 0.438. The number of Topliss-reactive ketones (excluding diaryl/α,β-unsaturated/α-hetero) is 1. The molecular formula is C16H21N5O2. The Balaban J connectivity index is 1.39. The Morgan fingerprint density at radius 1 is 1.22 bits per heavy atom. The molecule has 1 N–H and O–H groups in total. The van der Waals surface area contributed by atoms with Gasteiger partial charge in [0, 0.05) is 38.2 Å². The van der Waals surface area contributed by atoms with Crippen LogP contribution in [0.3, 0.4) is 0 Å². The first-order valence-electron chi connectivity index (χ1n) is 7.88. The highest BCUT2D eigenvalue weighted by Crippen LogP contribution is 2.06. The van der Waals surface area contributed by atoms with E-state index in [-0.39, 0.29) is 11.3 Å². The zero-order valence-electron chi connectivity index (χ0n) is 13.0. The van der Waals surface area contributed by atoms with Gasteiger partial charge in [-0.15, -0.1) is 0 Å². The van der Waals surface area contributed by atoms with Gasteiger partial charge < -0.3 is 9.42 Å². The molecule has 1 saturated heterocycles. The van der Waals surface area contributed by atoms with E-state index in [0.717, 1.165) is 44.7 Å². The number of benzene rings is 1. The lowest BCUT2D eigenvalue weighted by atomic mass is 10.1. The zero-order chi connectivity index (χ0) is 16.1. The number of hydrogen-bond donors (Lipinski definition) is 1. The molecule has 0 aliphatic carbocycles. The Labute approximate surface area is 134 Å². The smallest absolute Gasteiger partial charge is 0.286 e. The van der Waals surface area contributed by atoms with E-state index in [1.807, 2.05) is 35.3 Å². The molecule has 0 bridgehead atoms. The first-order chi connectivity index (χ1) is 11.2. The zero-order valence-corrected chi connectivity index (χ0v) is 13.0. The highest BCUT2D eigenvalue weighted by molar-refractivity contribution is 5.95. The molecule has 0 spiro atoms. The SMILES string of the molecule is N=c1c[n+](N2CCN(CCCC(=O)c3ccccc3)CC2)[n-]o1. The predicted octanol–water partition coefficient (Wildman–Crippen LogP) is -0.0795. The van der Waals surface area contributed by atoms with Crippen LogP contribution in [0, 0.1) is 5.41 Å². The second kappa shape index (κ2) is 7.23. The Morgan fingerprint density at radius 2 is 1.96 bits per heavy atom. The molecule has 3 rings (SSSR count). The van der Waals surface area contributed by atoms with E-state index in [1.54, 1.807) is 11.0 Å². The first-order valence-corrected chi connectivity index (χ1v) is 7.88. The number of hydrogen-bond acceptors (Lipinski definition) is 5. The van der Waals surface area contributed by atoms with Gasteiger partial charge in [-0.25, -0.2) is 0 Å². The van der Waals surface area contributed by atoms with Crippen LogP contribution in [0.4, 0.5) is 0 Å². The summed E-state index contributed by atoms with van der Waals surface area (Å²) in [5.74, 6) is 0.213. The second-order valence-corrected chi connectivity index (χ2v) is 5.67. The monoisotopic (exact) mass is 315 g/mol. The van der Waals surface area contributed by atoms with Crippen LogP contribution in [0.25, 0.3) is 0 Å². The molecule has 0 unspecified atom stereocenters. The molecular weight excluding hydrogens is 294 g/mol. The number of ketones is 1. The number of rotatable bonds is 6. The van der Waals surface area contributed by atoms with Crippen molar-refractivity contribution in [1.82, 2.24) is 10.2 Å². The summed E-state index contributed by atoms with van der Waals surface area (Å²) in [5, 5.41) is 13.2. The van der Waals surface area contributed by atoms with Crippen molar-refractivity contribution in [2.75, 3.05) is 37.7 Å². The number of piperazine rings is 1. The van der Waals surface area contributed by atoms with Gasteiger partial charge in [0.15, 0.2) is 5.78 Å². The van der Waals surface area contributed by atoms with Crippen molar-refractivity contribution in [3.8, 4) is 0 Å². The molecule has 7 nitrogen and oxygen atoms in total. The number of carbonyl (C=O) groups excluding carboxylic acids is 1. The lowest BCUT2D eigenvalue weighted by Crippen LogP contribution is -2.66. The molecule has 1 aromatic heterocycles. The van der Waals surface area contributed by atoms with Crippen molar-refractivity contribution in [3.05, 3.63) is 47.6 Å². The summed E-state index contributed by atoms with van der Waals surface area (Å²) in [7, 11) is 0. The van der Waals surface area contributed by atoms with Gasteiger partial charge in [0.1, 0.15) is 0 Å². The van der Waals surface area contributed by atoms with E-state index in [1.165, 1.54) is 0 Å². The number of aromatic nitrogens is 2. The van der Waals surface area contributed by atoms with Gasteiger partial charge >= 0.3 is 0 Å². The minimum Gasteiger partial charge on any atom is -0.380 e. The lowest BCUT2D eigenvalue weighted by Gasteiger charge is -2.35. The standard InChI is InChI=1S/C16H21N5O2/c17-16-13-21(18-23-16)20-11-9-19(10-12-20)8-4-7-15(22)14-5-2-1-3-6-14/h1-3,5-6,13,17H,4,7-12H2. The third kappa shape index (κ3) is 4.07. The molecule has 7 heteroatoms. The van der Waals surface area contributed by atoms with Crippen LogP contribution in [-0.4, -0.2) is 43.4 Å². The fourth-order valence-electron chi connectivity index (χ4n) is 2.77. The fourth-order valence-corrected chi connectivity index (χ4v) is 2.77. The van der Waals surface area contributed by atoms with E-state index in [9.17, 15) is 4.79 Å². The summed E-state index contributed by atoms with van der Waals surface area (Å²) in [6.45, 7) is 4.45. The van der Waals surface area contributed by atoms with Crippen molar-refractivity contribution in [2.24, 2.45) is 0 Å². The van der Waals surface area contributed by atoms with Crippen molar-refractivity contribution in [1.29, 1.82) is 5.41 Å². The highest BCUT2D eigenvalue weighted by Gasteiger charge is 2.18. The lowest BCUT2D eigenvalue weighted by molar-refractivity contribution is -0.764. The van der Waals surface area contributed by atoms with Gasteiger partial charge in [-0.2, -0.15) is 0 Å². The topological polar surface area (TPSA) is 78.5 Å². The molecule has 1 aromatic carbocycles. The van der Waals surface area contributed by atoms with E-state index < -0.39 is 0 Å². The van der Waals surface area contributed by atoms with E-state index in [2.05, 4.69) is 10.2 Å². The second-order valence-electron chi connectivity index (χ2n) is 5.67. The molecule has 1 aliphatic rings. The van der Waals surface area contributed by atoms with Crippen molar-refractivity contribution < 1.29 is 14.1 Å². The normalized spacial score (nSPS) is 15.7.